The van der Waals surface area contributed by atoms with Gasteiger partial charge in [-0.15, -0.1) is 0 Å². The second kappa shape index (κ2) is 4.73. The Balaban J connectivity index is 2.45. The predicted octanol–water partition coefficient (Wildman–Crippen LogP) is 1.75. The van der Waals surface area contributed by atoms with Gasteiger partial charge < -0.3 is 10.2 Å². The highest BCUT2D eigenvalue weighted by Gasteiger charge is 2.29. The zero-order chi connectivity index (χ0) is 12.3. The van der Waals surface area contributed by atoms with Gasteiger partial charge in [0.15, 0.2) is 9.84 Å². The number of hydrogen-bond donors (Lipinski definition) is 1. The average Bonchev–Trinajstić information content (AvgIpc) is 2.84. The first-order valence-corrected chi connectivity index (χ1v) is 6.73. The van der Waals surface area contributed by atoms with E-state index >= 15 is 0 Å². The highest BCUT2D eigenvalue weighted by Crippen LogP contribution is 2.27. The van der Waals surface area contributed by atoms with E-state index in [9.17, 15) is 8.42 Å². The standard InChI is InChI=1S/C12H13NO3S/c13-9-12(11-7-4-8-16-11)17(14,15)10-5-2-1-3-6-10/h1-8,12H,9,13H2/t12-/m0/s1. The molecule has 2 rings (SSSR count). The van der Waals surface area contributed by atoms with Gasteiger partial charge in [-0.3, -0.25) is 0 Å². The molecule has 1 heterocycles. The van der Waals surface area contributed by atoms with Crippen LogP contribution >= 0.6 is 0 Å². The van der Waals surface area contributed by atoms with Crippen LogP contribution in [0.3, 0.4) is 0 Å². The lowest BCUT2D eigenvalue weighted by Crippen LogP contribution is -2.21. The normalized spacial score (nSPS) is 13.5. The molecule has 0 saturated carbocycles. The molecule has 0 bridgehead atoms. The summed E-state index contributed by atoms with van der Waals surface area (Å²) >= 11 is 0. The van der Waals surface area contributed by atoms with Gasteiger partial charge in [0.25, 0.3) is 0 Å². The van der Waals surface area contributed by atoms with Crippen LogP contribution in [-0.2, 0) is 9.84 Å². The topological polar surface area (TPSA) is 73.3 Å². The molecule has 2 aromatic rings. The molecule has 0 unspecified atom stereocenters. The summed E-state index contributed by atoms with van der Waals surface area (Å²) in [4.78, 5) is 0.256. The predicted molar refractivity (Wildman–Crippen MR) is 64.1 cm³/mol. The molecule has 0 aliphatic rings. The van der Waals surface area contributed by atoms with Gasteiger partial charge in [0.05, 0.1) is 11.2 Å². The Morgan fingerprint density at radius 3 is 2.35 bits per heavy atom. The first-order chi connectivity index (χ1) is 8.16. The van der Waals surface area contributed by atoms with Crippen molar-refractivity contribution in [2.75, 3.05) is 6.54 Å². The number of furan rings is 1. The smallest absolute Gasteiger partial charge is 0.189 e. The summed E-state index contributed by atoms with van der Waals surface area (Å²) < 4.78 is 29.8. The highest BCUT2D eigenvalue weighted by molar-refractivity contribution is 7.91. The highest BCUT2D eigenvalue weighted by atomic mass is 32.2. The Labute approximate surface area is 100.0 Å². The van der Waals surface area contributed by atoms with Crippen LogP contribution in [-0.4, -0.2) is 15.0 Å². The summed E-state index contributed by atoms with van der Waals surface area (Å²) in [6.07, 6.45) is 1.44. The van der Waals surface area contributed by atoms with Crippen LogP contribution in [0.15, 0.2) is 58.0 Å². The number of nitrogens with two attached hydrogens (primary N) is 1. The number of sulfone groups is 1. The molecule has 17 heavy (non-hydrogen) atoms. The quantitative estimate of drug-likeness (QED) is 0.898. The molecular formula is C12H13NO3S. The Morgan fingerprint density at radius 2 is 1.82 bits per heavy atom. The van der Waals surface area contributed by atoms with Gasteiger partial charge in [0, 0.05) is 6.54 Å². The van der Waals surface area contributed by atoms with Crippen LogP contribution in [0.1, 0.15) is 11.0 Å². The lowest BCUT2D eigenvalue weighted by atomic mass is 10.3. The number of benzene rings is 1. The minimum Gasteiger partial charge on any atom is -0.468 e. The van der Waals surface area contributed by atoms with E-state index in [1.807, 2.05) is 0 Å². The van der Waals surface area contributed by atoms with Crippen LogP contribution in [0.2, 0.25) is 0 Å². The summed E-state index contributed by atoms with van der Waals surface area (Å²) in [5.41, 5.74) is 5.55. The average molecular weight is 251 g/mol. The third kappa shape index (κ3) is 2.25. The van der Waals surface area contributed by atoms with Crippen molar-refractivity contribution < 1.29 is 12.8 Å². The third-order valence-corrected chi connectivity index (χ3v) is 4.62. The van der Waals surface area contributed by atoms with Crippen LogP contribution < -0.4 is 5.73 Å². The number of hydrogen-bond acceptors (Lipinski definition) is 4. The van der Waals surface area contributed by atoms with Crippen LogP contribution in [0.25, 0.3) is 0 Å². The van der Waals surface area contributed by atoms with Crippen molar-refractivity contribution in [3.8, 4) is 0 Å². The van der Waals surface area contributed by atoms with Gasteiger partial charge in [0.1, 0.15) is 11.0 Å². The fourth-order valence-electron chi connectivity index (χ4n) is 1.64. The van der Waals surface area contributed by atoms with Gasteiger partial charge in [-0.1, -0.05) is 18.2 Å². The molecule has 1 aromatic carbocycles. The SMILES string of the molecule is NC[C@@H](c1ccco1)S(=O)(=O)c1ccccc1. The Bertz CT molecular complexity index is 561. The van der Waals surface area contributed by atoms with Crippen molar-refractivity contribution >= 4 is 9.84 Å². The maximum absolute atomic E-state index is 12.3. The molecule has 0 fully saturated rings. The second-order valence-corrected chi connectivity index (χ2v) is 5.73. The van der Waals surface area contributed by atoms with Crippen molar-refractivity contribution in [3.05, 3.63) is 54.5 Å². The summed E-state index contributed by atoms with van der Waals surface area (Å²) in [6.45, 7) is -0.00919. The van der Waals surface area contributed by atoms with Crippen molar-refractivity contribution in [2.45, 2.75) is 10.1 Å². The van der Waals surface area contributed by atoms with E-state index in [0.717, 1.165) is 0 Å². The van der Waals surface area contributed by atoms with E-state index < -0.39 is 15.1 Å². The zero-order valence-electron chi connectivity index (χ0n) is 9.11. The first-order valence-electron chi connectivity index (χ1n) is 5.18. The van der Waals surface area contributed by atoms with E-state index in [0.29, 0.717) is 5.76 Å². The molecule has 4 nitrogen and oxygen atoms in total. The Morgan fingerprint density at radius 1 is 1.12 bits per heavy atom. The van der Waals surface area contributed by atoms with Gasteiger partial charge in [-0.2, -0.15) is 0 Å². The van der Waals surface area contributed by atoms with E-state index in [-0.39, 0.29) is 11.4 Å². The molecule has 0 amide bonds. The van der Waals surface area contributed by atoms with Crippen LogP contribution in [0.5, 0.6) is 0 Å². The maximum atomic E-state index is 12.3. The van der Waals surface area contributed by atoms with Gasteiger partial charge in [-0.25, -0.2) is 8.42 Å². The van der Waals surface area contributed by atoms with E-state index in [4.69, 9.17) is 10.2 Å². The lowest BCUT2D eigenvalue weighted by Gasteiger charge is -2.13. The van der Waals surface area contributed by atoms with Crippen molar-refractivity contribution in [3.63, 3.8) is 0 Å². The Kier molecular flexibility index (Phi) is 3.31. The fraction of sp³-hybridized carbons (Fsp3) is 0.167. The van der Waals surface area contributed by atoms with Crippen molar-refractivity contribution in [1.82, 2.24) is 0 Å². The third-order valence-electron chi connectivity index (χ3n) is 2.52. The molecule has 1 atom stereocenters. The molecule has 0 aliphatic heterocycles. The summed E-state index contributed by atoms with van der Waals surface area (Å²) in [6, 6.07) is 11.5. The van der Waals surface area contributed by atoms with Gasteiger partial charge in [0.2, 0.25) is 0 Å². The summed E-state index contributed by atoms with van der Waals surface area (Å²) in [5, 5.41) is -0.833. The molecule has 1 aromatic heterocycles. The molecule has 0 spiro atoms. The Hall–Kier alpha value is -1.59. The molecule has 90 valence electrons. The second-order valence-electron chi connectivity index (χ2n) is 3.60. The summed E-state index contributed by atoms with van der Waals surface area (Å²) in [5.74, 6) is 0.372. The molecule has 0 aliphatic carbocycles. The van der Waals surface area contributed by atoms with Crippen LogP contribution in [0, 0.1) is 0 Å². The van der Waals surface area contributed by atoms with Gasteiger partial charge in [-0.05, 0) is 24.3 Å². The fourth-order valence-corrected chi connectivity index (χ4v) is 3.20. The molecule has 5 heteroatoms. The van der Waals surface area contributed by atoms with Crippen LogP contribution in [0.4, 0.5) is 0 Å². The van der Waals surface area contributed by atoms with Crippen molar-refractivity contribution in [2.24, 2.45) is 5.73 Å². The molecular weight excluding hydrogens is 238 g/mol. The molecule has 0 saturated heterocycles. The maximum Gasteiger partial charge on any atom is 0.189 e. The van der Waals surface area contributed by atoms with E-state index in [1.54, 1.807) is 42.5 Å². The minimum absolute atomic E-state index is 0.00919. The van der Waals surface area contributed by atoms with E-state index in [2.05, 4.69) is 0 Å². The monoisotopic (exact) mass is 251 g/mol. The largest absolute Gasteiger partial charge is 0.468 e. The zero-order valence-corrected chi connectivity index (χ0v) is 9.93. The molecule has 2 N–H and O–H groups in total. The lowest BCUT2D eigenvalue weighted by molar-refractivity contribution is 0.492. The molecule has 0 radical (unpaired) electrons. The van der Waals surface area contributed by atoms with Crippen molar-refractivity contribution in [1.29, 1.82) is 0 Å². The summed E-state index contributed by atoms with van der Waals surface area (Å²) in [7, 11) is -3.49. The van der Waals surface area contributed by atoms with E-state index in [1.165, 1.54) is 6.26 Å². The number of rotatable bonds is 4. The minimum atomic E-state index is -3.49. The first kappa shape index (κ1) is 11.9. The van der Waals surface area contributed by atoms with Gasteiger partial charge >= 0.3 is 0 Å².